The van der Waals surface area contributed by atoms with Gasteiger partial charge in [0.25, 0.3) is 0 Å². The van der Waals surface area contributed by atoms with Crippen LogP contribution in [0.4, 0.5) is 30.7 Å². The van der Waals surface area contributed by atoms with Crippen molar-refractivity contribution in [3.05, 3.63) is 70.5 Å². The van der Waals surface area contributed by atoms with Crippen LogP contribution in [-0.2, 0) is 26.6 Å². The van der Waals surface area contributed by atoms with Crippen LogP contribution in [0, 0.1) is 11.7 Å². The van der Waals surface area contributed by atoms with Crippen LogP contribution in [-0.4, -0.2) is 44.2 Å². The molecular formula is C28H32F7NO3. The SMILES string of the molecule is COC(=O)CCCN(C)C[C@@H]1CC[C@H](O[C@H](C)c2cc(C(F)(F)F)cc(C(F)(F)F)c2)[C@H]1c1ccc(F)cc1. The number of hydrogen-bond acceptors (Lipinski definition) is 4. The van der Waals surface area contributed by atoms with Crippen LogP contribution in [0.2, 0.25) is 0 Å². The number of carbonyl (C=O) groups excluding carboxylic acids is 1. The molecule has 216 valence electrons. The zero-order chi connectivity index (χ0) is 29.0. The van der Waals surface area contributed by atoms with Crippen LogP contribution >= 0.6 is 0 Å². The van der Waals surface area contributed by atoms with Crippen LogP contribution in [0.25, 0.3) is 0 Å². The molecule has 3 rings (SSSR count). The van der Waals surface area contributed by atoms with Crippen molar-refractivity contribution in [2.24, 2.45) is 5.92 Å². The molecule has 2 aromatic rings. The Hall–Kier alpha value is -2.66. The molecule has 1 saturated carbocycles. The van der Waals surface area contributed by atoms with E-state index in [1.54, 1.807) is 12.1 Å². The number of halogens is 7. The summed E-state index contributed by atoms with van der Waals surface area (Å²) in [6.45, 7) is 2.66. The van der Waals surface area contributed by atoms with Gasteiger partial charge in [-0.2, -0.15) is 26.3 Å². The number of esters is 1. The zero-order valence-corrected chi connectivity index (χ0v) is 21.9. The molecule has 0 bridgehead atoms. The van der Waals surface area contributed by atoms with Gasteiger partial charge in [0.15, 0.2) is 0 Å². The Labute approximate surface area is 223 Å². The third kappa shape index (κ3) is 8.41. The van der Waals surface area contributed by atoms with Crippen LogP contribution in [0.3, 0.4) is 0 Å². The summed E-state index contributed by atoms with van der Waals surface area (Å²) in [4.78, 5) is 13.5. The minimum absolute atomic E-state index is 0.0306. The average molecular weight is 564 g/mol. The lowest BCUT2D eigenvalue weighted by Crippen LogP contribution is -2.31. The van der Waals surface area contributed by atoms with Gasteiger partial charge in [0.1, 0.15) is 5.82 Å². The lowest BCUT2D eigenvalue weighted by Gasteiger charge is -2.30. The molecule has 4 nitrogen and oxygen atoms in total. The summed E-state index contributed by atoms with van der Waals surface area (Å²) in [6.07, 6.45) is -9.40. The van der Waals surface area contributed by atoms with Crippen LogP contribution < -0.4 is 0 Å². The van der Waals surface area contributed by atoms with E-state index in [1.165, 1.54) is 26.2 Å². The van der Waals surface area contributed by atoms with Gasteiger partial charge in [0.05, 0.1) is 30.4 Å². The number of benzene rings is 2. The van der Waals surface area contributed by atoms with Gasteiger partial charge in [0, 0.05) is 18.9 Å². The number of nitrogens with zero attached hydrogens (tertiary/aromatic N) is 1. The van der Waals surface area contributed by atoms with Crippen molar-refractivity contribution in [2.75, 3.05) is 27.2 Å². The average Bonchev–Trinajstić information content (AvgIpc) is 3.24. The number of rotatable bonds is 10. The Kier molecular flexibility index (Phi) is 10.0. The molecule has 1 aliphatic carbocycles. The molecule has 0 unspecified atom stereocenters. The Morgan fingerprint density at radius 3 is 2.13 bits per heavy atom. The van der Waals surface area contributed by atoms with Gasteiger partial charge < -0.3 is 14.4 Å². The molecule has 0 N–H and O–H groups in total. The highest BCUT2D eigenvalue weighted by Gasteiger charge is 2.41. The van der Waals surface area contributed by atoms with E-state index in [4.69, 9.17) is 4.74 Å². The van der Waals surface area contributed by atoms with E-state index in [0.717, 1.165) is 5.56 Å². The molecule has 4 atom stereocenters. The molecule has 1 fully saturated rings. The highest BCUT2D eigenvalue weighted by atomic mass is 19.4. The van der Waals surface area contributed by atoms with Crippen molar-refractivity contribution in [2.45, 2.75) is 63.1 Å². The second-order valence-electron chi connectivity index (χ2n) is 10.0. The maximum absolute atomic E-state index is 13.7. The topological polar surface area (TPSA) is 38.8 Å². The van der Waals surface area contributed by atoms with Gasteiger partial charge in [-0.05, 0) is 87.2 Å². The van der Waals surface area contributed by atoms with Crippen molar-refractivity contribution in [1.82, 2.24) is 4.90 Å². The van der Waals surface area contributed by atoms with Gasteiger partial charge in [-0.3, -0.25) is 4.79 Å². The summed E-state index contributed by atoms with van der Waals surface area (Å²) in [6, 6.07) is 7.36. The first-order valence-corrected chi connectivity index (χ1v) is 12.6. The first kappa shape index (κ1) is 30.9. The quantitative estimate of drug-likeness (QED) is 0.223. The summed E-state index contributed by atoms with van der Waals surface area (Å²) in [5, 5.41) is 0. The molecule has 0 aliphatic heterocycles. The Morgan fingerprint density at radius 2 is 1.59 bits per heavy atom. The second kappa shape index (κ2) is 12.7. The molecule has 0 aromatic heterocycles. The van der Waals surface area contributed by atoms with E-state index in [0.29, 0.717) is 44.5 Å². The van der Waals surface area contributed by atoms with E-state index >= 15 is 0 Å². The maximum atomic E-state index is 13.7. The van der Waals surface area contributed by atoms with Gasteiger partial charge in [-0.15, -0.1) is 0 Å². The summed E-state index contributed by atoms with van der Waals surface area (Å²) in [5.41, 5.74) is -2.23. The number of carbonyl (C=O) groups is 1. The summed E-state index contributed by atoms with van der Waals surface area (Å²) in [5.74, 6) is -0.964. The van der Waals surface area contributed by atoms with Crippen molar-refractivity contribution in [3.8, 4) is 0 Å². The van der Waals surface area contributed by atoms with Crippen molar-refractivity contribution >= 4 is 5.97 Å². The maximum Gasteiger partial charge on any atom is 0.416 e. The second-order valence-corrected chi connectivity index (χ2v) is 10.0. The predicted octanol–water partition coefficient (Wildman–Crippen LogP) is 7.39. The first-order chi connectivity index (χ1) is 18.2. The molecule has 1 aliphatic rings. The molecule has 0 heterocycles. The highest BCUT2D eigenvalue weighted by molar-refractivity contribution is 5.69. The molecular weight excluding hydrogens is 531 g/mol. The molecule has 0 spiro atoms. The number of methoxy groups -OCH3 is 1. The highest BCUT2D eigenvalue weighted by Crippen LogP contribution is 2.45. The standard InChI is InChI=1S/C28H32F7NO3/c1-17(20-13-21(27(30,31)32)15-22(14-20)28(33,34)35)39-24-11-8-19(16-36(2)12-4-5-25(37)38-3)26(24)18-6-9-23(29)10-7-18/h6-7,9-10,13-15,17,19,24,26H,4-5,8,11-12,16H2,1-3H3/t17-,19+,24+,26+/m1/s1. The molecule has 11 heteroatoms. The Bertz CT molecular complexity index is 1070. The smallest absolute Gasteiger partial charge is 0.416 e. The van der Waals surface area contributed by atoms with Crippen LogP contribution in [0.5, 0.6) is 0 Å². The molecule has 39 heavy (non-hydrogen) atoms. The van der Waals surface area contributed by atoms with Crippen LogP contribution in [0.1, 0.15) is 66.9 Å². The summed E-state index contributed by atoms with van der Waals surface area (Å²) >= 11 is 0. The van der Waals surface area contributed by atoms with E-state index in [-0.39, 0.29) is 35.9 Å². The minimum Gasteiger partial charge on any atom is -0.469 e. The van der Waals surface area contributed by atoms with Crippen molar-refractivity contribution in [1.29, 1.82) is 0 Å². The van der Waals surface area contributed by atoms with E-state index in [1.807, 2.05) is 7.05 Å². The predicted molar refractivity (Wildman–Crippen MR) is 130 cm³/mol. The van der Waals surface area contributed by atoms with Gasteiger partial charge in [0.2, 0.25) is 0 Å². The molecule has 0 saturated heterocycles. The fraction of sp³-hybridized carbons (Fsp3) is 0.536. The third-order valence-electron chi connectivity index (χ3n) is 7.14. The Balaban J connectivity index is 1.82. The van der Waals surface area contributed by atoms with Gasteiger partial charge >= 0.3 is 18.3 Å². The minimum atomic E-state index is -4.96. The summed E-state index contributed by atoms with van der Waals surface area (Å²) < 4.78 is 105. The Morgan fingerprint density at radius 1 is 1.00 bits per heavy atom. The first-order valence-electron chi connectivity index (χ1n) is 12.6. The van der Waals surface area contributed by atoms with Crippen molar-refractivity contribution in [3.63, 3.8) is 0 Å². The number of alkyl halides is 6. The largest absolute Gasteiger partial charge is 0.469 e. The van der Waals surface area contributed by atoms with Gasteiger partial charge in [-0.25, -0.2) is 4.39 Å². The fourth-order valence-corrected chi connectivity index (χ4v) is 5.21. The number of ether oxygens (including phenoxy) is 2. The summed E-state index contributed by atoms with van der Waals surface area (Å²) in [7, 11) is 3.22. The lowest BCUT2D eigenvalue weighted by molar-refractivity contribution is -0.143. The monoisotopic (exact) mass is 563 g/mol. The van der Waals surface area contributed by atoms with E-state index in [2.05, 4.69) is 9.64 Å². The normalized spacial score (nSPS) is 20.8. The lowest BCUT2D eigenvalue weighted by atomic mass is 9.87. The van der Waals surface area contributed by atoms with Crippen LogP contribution in [0.15, 0.2) is 42.5 Å². The molecule has 2 aromatic carbocycles. The molecule has 0 amide bonds. The van der Waals surface area contributed by atoms with Crippen molar-refractivity contribution < 1.29 is 45.0 Å². The molecule has 0 radical (unpaired) electrons. The fourth-order valence-electron chi connectivity index (χ4n) is 5.21. The number of hydrogen-bond donors (Lipinski definition) is 0. The van der Waals surface area contributed by atoms with Gasteiger partial charge in [-0.1, -0.05) is 12.1 Å². The third-order valence-corrected chi connectivity index (χ3v) is 7.14. The van der Waals surface area contributed by atoms with E-state index in [9.17, 15) is 35.5 Å². The zero-order valence-electron chi connectivity index (χ0n) is 21.9. The van der Waals surface area contributed by atoms with E-state index < -0.39 is 41.5 Å².